The molecule has 0 bridgehead atoms. The highest BCUT2D eigenvalue weighted by atomic mass is 16.8. The second-order valence-corrected chi connectivity index (χ2v) is 4.49. The number of fused-ring (bicyclic) bond motifs is 1. The molecular weight excluding hydrogens is 214 g/mol. The Kier molecular flexibility index (Phi) is 2.90. The van der Waals surface area contributed by atoms with Crippen molar-refractivity contribution in [3.05, 3.63) is 0 Å². The Labute approximate surface area is 93.3 Å². The van der Waals surface area contributed by atoms with E-state index >= 15 is 0 Å². The average Bonchev–Trinajstić information content (AvgIpc) is 2.62. The van der Waals surface area contributed by atoms with Crippen LogP contribution in [0.5, 0.6) is 0 Å². The van der Waals surface area contributed by atoms with Gasteiger partial charge in [0.2, 0.25) is 0 Å². The molecular formula is C10H15NO5. The maximum Gasteiger partial charge on any atom is 0.190 e. The highest BCUT2D eigenvalue weighted by Crippen LogP contribution is 2.38. The number of hydrogen-bond acceptors (Lipinski definition) is 6. The summed E-state index contributed by atoms with van der Waals surface area (Å²) in [6.07, 6.45) is -4.21. The molecule has 0 saturated carbocycles. The number of hydrogen-bond donors (Lipinski definition) is 2. The van der Waals surface area contributed by atoms with Crippen molar-refractivity contribution in [3.8, 4) is 6.07 Å². The van der Waals surface area contributed by atoms with Crippen LogP contribution in [0.3, 0.4) is 0 Å². The predicted molar refractivity (Wildman–Crippen MR) is 50.9 cm³/mol. The van der Waals surface area contributed by atoms with Crippen LogP contribution in [0.25, 0.3) is 0 Å². The zero-order chi connectivity index (χ0) is 11.9. The molecule has 2 N–H and O–H groups in total. The molecule has 0 aromatic carbocycles. The molecule has 2 unspecified atom stereocenters. The number of nitriles is 1. The molecule has 90 valence electrons. The number of aliphatic hydroxyl groups excluding tert-OH is 2. The third kappa shape index (κ3) is 1.93. The lowest BCUT2D eigenvalue weighted by atomic mass is 10.0. The Bertz CT molecular complexity index is 313. The highest BCUT2D eigenvalue weighted by molar-refractivity contribution is 4.97. The first kappa shape index (κ1) is 11.8. The minimum absolute atomic E-state index is 0.0927. The molecule has 0 radical (unpaired) electrons. The molecule has 0 aliphatic carbocycles. The van der Waals surface area contributed by atoms with Crippen molar-refractivity contribution in [2.75, 3.05) is 0 Å². The molecule has 6 heteroatoms. The van der Waals surface area contributed by atoms with E-state index in [2.05, 4.69) is 0 Å². The van der Waals surface area contributed by atoms with E-state index in [9.17, 15) is 10.2 Å². The van der Waals surface area contributed by atoms with Gasteiger partial charge in [-0.15, -0.1) is 0 Å². The van der Waals surface area contributed by atoms with Crippen LogP contribution in [-0.2, 0) is 14.2 Å². The first-order valence-electron chi connectivity index (χ1n) is 5.19. The highest BCUT2D eigenvalue weighted by Gasteiger charge is 2.55. The smallest absolute Gasteiger partial charge is 0.190 e. The zero-order valence-electron chi connectivity index (χ0n) is 9.16. The van der Waals surface area contributed by atoms with Crippen LogP contribution in [0.15, 0.2) is 0 Å². The topological polar surface area (TPSA) is 91.9 Å². The minimum atomic E-state index is -1.03. The third-order valence-electron chi connectivity index (χ3n) is 2.73. The van der Waals surface area contributed by atoms with E-state index in [0.717, 1.165) is 0 Å². The summed E-state index contributed by atoms with van der Waals surface area (Å²) in [5.74, 6) is -0.790. The van der Waals surface area contributed by atoms with Crippen LogP contribution in [0.2, 0.25) is 0 Å². The molecule has 5 atom stereocenters. The van der Waals surface area contributed by atoms with Gasteiger partial charge in [0.15, 0.2) is 12.1 Å². The molecule has 2 aliphatic heterocycles. The lowest BCUT2D eigenvalue weighted by molar-refractivity contribution is -0.225. The molecule has 0 aromatic heterocycles. The predicted octanol–water partition coefficient (Wildman–Crippen LogP) is -0.502. The van der Waals surface area contributed by atoms with E-state index in [1.54, 1.807) is 13.8 Å². The largest absolute Gasteiger partial charge is 0.389 e. The fourth-order valence-electron chi connectivity index (χ4n) is 2.04. The van der Waals surface area contributed by atoms with Crippen molar-refractivity contribution < 1.29 is 24.4 Å². The van der Waals surface area contributed by atoms with Gasteiger partial charge in [0.05, 0.1) is 18.6 Å². The minimum Gasteiger partial charge on any atom is -0.389 e. The van der Waals surface area contributed by atoms with Gasteiger partial charge in [-0.05, 0) is 13.8 Å². The van der Waals surface area contributed by atoms with Crippen molar-refractivity contribution in [2.24, 2.45) is 0 Å². The maximum absolute atomic E-state index is 9.89. The van der Waals surface area contributed by atoms with Gasteiger partial charge in [-0.25, -0.2) is 0 Å². The standard InChI is InChI=1S/C10H15NO5/c1-10(2)15-8-6(13)7(5(12)3-4-11)14-9(8)16-10/h5-9,12-13H,3H2,1-2H3/t5-,6?,7?,8+,9+/m1/s1. The molecule has 16 heavy (non-hydrogen) atoms. The van der Waals surface area contributed by atoms with Crippen LogP contribution in [0.1, 0.15) is 20.3 Å². The Morgan fingerprint density at radius 2 is 2.12 bits per heavy atom. The van der Waals surface area contributed by atoms with E-state index < -0.39 is 36.5 Å². The SMILES string of the molecule is CC1(C)O[C@@H]2OC([C@H](O)CC#N)C(O)[C@@H]2O1. The Balaban J connectivity index is 2.03. The zero-order valence-corrected chi connectivity index (χ0v) is 9.16. The van der Waals surface area contributed by atoms with Crippen LogP contribution in [0, 0.1) is 11.3 Å². The number of ether oxygens (including phenoxy) is 3. The summed E-state index contributed by atoms with van der Waals surface area (Å²) in [4.78, 5) is 0. The molecule has 6 nitrogen and oxygen atoms in total. The monoisotopic (exact) mass is 229 g/mol. The first-order valence-corrected chi connectivity index (χ1v) is 5.19. The quantitative estimate of drug-likeness (QED) is 0.663. The van der Waals surface area contributed by atoms with Crippen LogP contribution in [-0.4, -0.2) is 46.7 Å². The van der Waals surface area contributed by atoms with Crippen molar-refractivity contribution in [2.45, 2.75) is 56.8 Å². The van der Waals surface area contributed by atoms with Gasteiger partial charge < -0.3 is 24.4 Å². The van der Waals surface area contributed by atoms with Gasteiger partial charge in [-0.3, -0.25) is 0 Å². The summed E-state index contributed by atoms with van der Waals surface area (Å²) in [6.45, 7) is 3.45. The van der Waals surface area contributed by atoms with E-state index in [4.69, 9.17) is 19.5 Å². The van der Waals surface area contributed by atoms with Crippen molar-refractivity contribution >= 4 is 0 Å². The van der Waals surface area contributed by atoms with Crippen molar-refractivity contribution in [1.82, 2.24) is 0 Å². The van der Waals surface area contributed by atoms with E-state index in [1.165, 1.54) is 0 Å². The molecule has 2 rings (SSSR count). The normalized spacial score (nSPS) is 42.7. The molecule has 2 saturated heterocycles. The van der Waals surface area contributed by atoms with Crippen molar-refractivity contribution in [3.63, 3.8) is 0 Å². The van der Waals surface area contributed by atoms with Gasteiger partial charge >= 0.3 is 0 Å². The van der Waals surface area contributed by atoms with Crippen molar-refractivity contribution in [1.29, 1.82) is 5.26 Å². The number of rotatable bonds is 2. The molecule has 2 aliphatic rings. The fraction of sp³-hybridized carbons (Fsp3) is 0.900. The molecule has 2 fully saturated rings. The summed E-state index contributed by atoms with van der Waals surface area (Å²) in [5.41, 5.74) is 0. The average molecular weight is 229 g/mol. The van der Waals surface area contributed by atoms with Gasteiger partial charge in [-0.1, -0.05) is 0 Å². The van der Waals surface area contributed by atoms with Crippen LogP contribution < -0.4 is 0 Å². The molecule has 0 amide bonds. The summed E-state index contributed by atoms with van der Waals surface area (Å²) in [7, 11) is 0. The summed E-state index contributed by atoms with van der Waals surface area (Å²) in [5, 5.41) is 27.9. The molecule has 0 aromatic rings. The van der Waals surface area contributed by atoms with E-state index in [-0.39, 0.29) is 6.42 Å². The van der Waals surface area contributed by atoms with Gasteiger partial charge in [0.1, 0.15) is 18.3 Å². The van der Waals surface area contributed by atoms with E-state index in [1.807, 2.05) is 6.07 Å². The Morgan fingerprint density at radius 3 is 2.69 bits per heavy atom. The van der Waals surface area contributed by atoms with Gasteiger partial charge in [0, 0.05) is 0 Å². The fourth-order valence-corrected chi connectivity index (χ4v) is 2.04. The molecule has 0 spiro atoms. The lowest BCUT2D eigenvalue weighted by Crippen LogP contribution is -2.40. The van der Waals surface area contributed by atoms with E-state index in [0.29, 0.717) is 0 Å². The summed E-state index contributed by atoms with van der Waals surface area (Å²) >= 11 is 0. The van der Waals surface area contributed by atoms with Gasteiger partial charge in [0.25, 0.3) is 0 Å². The molecule has 2 heterocycles. The Hall–Kier alpha value is -0.710. The summed E-state index contributed by atoms with van der Waals surface area (Å²) in [6, 6.07) is 1.82. The second-order valence-electron chi connectivity index (χ2n) is 4.49. The van der Waals surface area contributed by atoms with Gasteiger partial charge in [-0.2, -0.15) is 5.26 Å². The second kappa shape index (κ2) is 3.95. The number of aliphatic hydroxyl groups is 2. The first-order chi connectivity index (χ1) is 7.44. The van der Waals surface area contributed by atoms with Crippen LogP contribution >= 0.6 is 0 Å². The maximum atomic E-state index is 9.89. The lowest BCUT2D eigenvalue weighted by Gasteiger charge is -2.24. The van der Waals surface area contributed by atoms with Crippen LogP contribution in [0.4, 0.5) is 0 Å². The number of nitrogens with zero attached hydrogens (tertiary/aromatic N) is 1. The summed E-state index contributed by atoms with van der Waals surface area (Å²) < 4.78 is 16.2. The third-order valence-corrected chi connectivity index (χ3v) is 2.73. The Morgan fingerprint density at radius 1 is 1.44 bits per heavy atom.